The SMILES string of the molecule is CC(C)(C1CC1)[C@@H](O)C(=O)[N+]1(C(=O)NCc2c(CN)ccc(Cl)c2F)CCC1. The Bertz CT molecular complexity index is 791. The van der Waals surface area contributed by atoms with Crippen molar-refractivity contribution in [3.63, 3.8) is 0 Å². The molecule has 154 valence electrons. The van der Waals surface area contributed by atoms with Gasteiger partial charge in [-0.1, -0.05) is 31.5 Å². The molecule has 1 aromatic carbocycles. The van der Waals surface area contributed by atoms with E-state index in [2.05, 4.69) is 5.32 Å². The number of hydrogen-bond donors (Lipinski definition) is 3. The van der Waals surface area contributed by atoms with E-state index in [0.29, 0.717) is 24.6 Å². The number of nitrogens with two attached hydrogens (primary N) is 1. The molecule has 1 saturated carbocycles. The Hall–Kier alpha value is -1.54. The van der Waals surface area contributed by atoms with Crippen LogP contribution in [0.2, 0.25) is 5.02 Å². The fraction of sp³-hybridized carbons (Fsp3) is 0.600. The number of hydrogen-bond acceptors (Lipinski definition) is 4. The van der Waals surface area contributed by atoms with Gasteiger partial charge in [0.1, 0.15) is 18.9 Å². The predicted molar refractivity (Wildman–Crippen MR) is 104 cm³/mol. The molecule has 4 N–H and O–H groups in total. The number of amides is 3. The largest absolute Gasteiger partial charge is 0.424 e. The third kappa shape index (κ3) is 3.56. The first kappa shape index (κ1) is 21.2. The van der Waals surface area contributed by atoms with Gasteiger partial charge in [-0.2, -0.15) is 4.48 Å². The van der Waals surface area contributed by atoms with Gasteiger partial charge in [0.25, 0.3) is 0 Å². The van der Waals surface area contributed by atoms with E-state index in [4.69, 9.17) is 17.3 Å². The number of urea groups is 1. The minimum atomic E-state index is -1.21. The van der Waals surface area contributed by atoms with Gasteiger partial charge in [-0.15, -0.1) is 0 Å². The van der Waals surface area contributed by atoms with Crippen LogP contribution in [0, 0.1) is 17.2 Å². The van der Waals surface area contributed by atoms with Crippen LogP contribution >= 0.6 is 11.6 Å². The van der Waals surface area contributed by atoms with Crippen molar-refractivity contribution in [2.45, 2.75) is 52.3 Å². The molecule has 6 nitrogen and oxygen atoms in total. The normalized spacial score (nSPS) is 19.6. The molecule has 1 heterocycles. The number of carbonyl (C=O) groups is 2. The highest BCUT2D eigenvalue weighted by atomic mass is 35.5. The van der Waals surface area contributed by atoms with Crippen LogP contribution in [0.5, 0.6) is 0 Å². The van der Waals surface area contributed by atoms with Gasteiger partial charge in [0, 0.05) is 23.9 Å². The van der Waals surface area contributed by atoms with Crippen LogP contribution in [0.15, 0.2) is 12.1 Å². The Morgan fingerprint density at radius 1 is 1.39 bits per heavy atom. The molecule has 2 fully saturated rings. The summed E-state index contributed by atoms with van der Waals surface area (Å²) in [5.41, 5.74) is 5.85. The number of imide groups is 1. The standard InChI is InChI=1S/C20H27ClFN3O3/c1-20(2,13-5-6-13)17(26)18(27)25(8-3-9-25)19(28)24-11-14-12(10-23)4-7-15(21)16(14)22/h4,7,13,17,26H,3,5-6,8-11,23H2,1-2H3/p+1/t17-/m0/s1. The second-order valence-corrected chi connectivity index (χ2v) is 8.87. The minimum Gasteiger partial charge on any atom is -0.379 e. The van der Waals surface area contributed by atoms with Crippen molar-refractivity contribution in [2.24, 2.45) is 17.1 Å². The van der Waals surface area contributed by atoms with Gasteiger partial charge in [-0.25, -0.2) is 14.0 Å². The highest BCUT2D eigenvalue weighted by Crippen LogP contribution is 2.48. The Morgan fingerprint density at radius 2 is 2.04 bits per heavy atom. The lowest BCUT2D eigenvalue weighted by atomic mass is 9.80. The van der Waals surface area contributed by atoms with Crippen molar-refractivity contribution in [3.8, 4) is 0 Å². The topological polar surface area (TPSA) is 92.4 Å². The molecule has 1 aromatic rings. The van der Waals surface area contributed by atoms with Crippen LogP contribution in [0.25, 0.3) is 0 Å². The van der Waals surface area contributed by atoms with Gasteiger partial charge in [-0.3, -0.25) is 0 Å². The molecule has 8 heteroatoms. The van der Waals surface area contributed by atoms with Crippen molar-refractivity contribution in [1.29, 1.82) is 0 Å². The summed E-state index contributed by atoms with van der Waals surface area (Å²) in [4.78, 5) is 26.0. The van der Waals surface area contributed by atoms with E-state index in [9.17, 15) is 19.1 Å². The number of aliphatic hydroxyl groups is 1. The molecule has 1 aliphatic carbocycles. The third-order valence-corrected chi connectivity index (χ3v) is 6.68. The zero-order chi connectivity index (χ0) is 20.7. The van der Waals surface area contributed by atoms with Crippen molar-refractivity contribution < 1.29 is 23.6 Å². The molecule has 28 heavy (non-hydrogen) atoms. The van der Waals surface area contributed by atoms with Crippen LogP contribution in [-0.4, -0.2) is 40.7 Å². The first-order valence-corrected chi connectivity index (χ1v) is 10.1. The van der Waals surface area contributed by atoms with E-state index in [1.807, 2.05) is 13.8 Å². The fourth-order valence-electron chi connectivity index (χ4n) is 3.93. The van der Waals surface area contributed by atoms with Gasteiger partial charge in [0.2, 0.25) is 0 Å². The maximum absolute atomic E-state index is 14.4. The molecule has 1 atom stereocenters. The second kappa shape index (κ2) is 7.71. The Labute approximate surface area is 169 Å². The molecule has 3 rings (SSSR count). The number of halogens is 2. The number of aliphatic hydroxyl groups excluding tert-OH is 1. The summed E-state index contributed by atoms with van der Waals surface area (Å²) in [7, 11) is 0. The predicted octanol–water partition coefficient (Wildman–Crippen LogP) is 2.69. The van der Waals surface area contributed by atoms with E-state index >= 15 is 0 Å². The van der Waals surface area contributed by atoms with Gasteiger partial charge < -0.3 is 16.2 Å². The lowest BCUT2D eigenvalue weighted by Gasteiger charge is -2.43. The quantitative estimate of drug-likeness (QED) is 0.626. The van der Waals surface area contributed by atoms with E-state index in [0.717, 1.165) is 19.3 Å². The highest BCUT2D eigenvalue weighted by Gasteiger charge is 2.58. The van der Waals surface area contributed by atoms with Crippen molar-refractivity contribution in [2.75, 3.05) is 13.1 Å². The molecule has 0 radical (unpaired) electrons. The molecular weight excluding hydrogens is 385 g/mol. The maximum Gasteiger partial charge on any atom is 0.424 e. The Balaban J connectivity index is 1.75. The molecule has 0 bridgehead atoms. The molecule has 0 spiro atoms. The van der Waals surface area contributed by atoms with E-state index in [1.165, 1.54) is 6.07 Å². The molecule has 1 saturated heterocycles. The van der Waals surface area contributed by atoms with Crippen molar-refractivity contribution in [3.05, 3.63) is 34.1 Å². The monoisotopic (exact) mass is 412 g/mol. The first-order chi connectivity index (χ1) is 13.1. The molecular formula is C20H28ClFN3O3+. The van der Waals surface area contributed by atoms with Gasteiger partial charge in [0.15, 0.2) is 6.10 Å². The average molecular weight is 413 g/mol. The zero-order valence-electron chi connectivity index (χ0n) is 16.3. The lowest BCUT2D eigenvalue weighted by Crippen LogP contribution is -2.71. The van der Waals surface area contributed by atoms with Crippen LogP contribution in [-0.2, 0) is 17.9 Å². The zero-order valence-corrected chi connectivity index (χ0v) is 17.1. The summed E-state index contributed by atoms with van der Waals surface area (Å²) >= 11 is 5.84. The van der Waals surface area contributed by atoms with Gasteiger partial charge >= 0.3 is 11.9 Å². The van der Waals surface area contributed by atoms with Crippen molar-refractivity contribution >= 4 is 23.5 Å². The molecule has 1 aliphatic heterocycles. The Kier molecular flexibility index (Phi) is 5.83. The summed E-state index contributed by atoms with van der Waals surface area (Å²) in [6, 6.07) is 2.52. The van der Waals surface area contributed by atoms with Crippen LogP contribution in [0.1, 0.15) is 44.2 Å². The van der Waals surface area contributed by atoms with Crippen molar-refractivity contribution in [1.82, 2.24) is 5.32 Å². The number of benzene rings is 1. The van der Waals surface area contributed by atoms with Gasteiger partial charge in [-0.05, 0) is 30.4 Å². The summed E-state index contributed by atoms with van der Waals surface area (Å²) in [6.45, 7) is 4.40. The highest BCUT2D eigenvalue weighted by molar-refractivity contribution is 6.30. The summed E-state index contributed by atoms with van der Waals surface area (Å²) in [5, 5.41) is 13.3. The van der Waals surface area contributed by atoms with E-state index in [1.54, 1.807) is 6.07 Å². The fourth-order valence-corrected chi connectivity index (χ4v) is 4.11. The molecule has 2 aliphatic rings. The third-order valence-electron chi connectivity index (χ3n) is 6.39. The second-order valence-electron chi connectivity index (χ2n) is 8.47. The average Bonchev–Trinajstić information content (AvgIpc) is 3.46. The smallest absolute Gasteiger partial charge is 0.379 e. The Morgan fingerprint density at radius 3 is 2.54 bits per heavy atom. The van der Waals surface area contributed by atoms with Gasteiger partial charge in [0.05, 0.1) is 11.6 Å². The summed E-state index contributed by atoms with van der Waals surface area (Å²) < 4.78 is 13.9. The van der Waals surface area contributed by atoms with E-state index < -0.39 is 33.8 Å². The number of rotatable bonds is 6. The lowest BCUT2D eigenvalue weighted by molar-refractivity contribution is -0.818. The number of likely N-dealkylation sites (tertiary alicyclic amines) is 1. The van der Waals surface area contributed by atoms with Crippen LogP contribution in [0.4, 0.5) is 9.18 Å². The van der Waals surface area contributed by atoms with Crippen LogP contribution in [0.3, 0.4) is 0 Å². The number of carbonyl (C=O) groups excluding carboxylic acids is 2. The minimum absolute atomic E-state index is 0.0491. The van der Waals surface area contributed by atoms with Crippen LogP contribution < -0.4 is 11.1 Å². The summed E-state index contributed by atoms with van der Waals surface area (Å²) in [6.07, 6.45) is 1.47. The molecule has 0 aromatic heterocycles. The number of nitrogens with zero attached hydrogens (tertiary/aromatic N) is 1. The maximum atomic E-state index is 14.4. The molecule has 3 amide bonds. The number of nitrogens with one attached hydrogen (secondary N) is 1. The number of quaternary nitrogens is 1. The molecule has 0 unspecified atom stereocenters. The summed E-state index contributed by atoms with van der Waals surface area (Å²) in [5.74, 6) is -0.809. The first-order valence-electron chi connectivity index (χ1n) is 9.69. The van der Waals surface area contributed by atoms with E-state index in [-0.39, 0.29) is 23.7 Å².